The van der Waals surface area contributed by atoms with E-state index in [1.807, 2.05) is 45.8 Å². The van der Waals surface area contributed by atoms with Crippen molar-refractivity contribution in [2.45, 2.75) is 46.1 Å². The maximum Gasteiger partial charge on any atom is 0.238 e. The summed E-state index contributed by atoms with van der Waals surface area (Å²) in [4.78, 5) is 29.1. The molecule has 30 heavy (non-hydrogen) atoms. The number of likely N-dealkylation sites (N-methyl/N-ethyl adjacent to an activating group) is 2. The van der Waals surface area contributed by atoms with E-state index in [0.29, 0.717) is 0 Å². The maximum absolute atomic E-state index is 12.9. The second kappa shape index (κ2) is 9.43. The number of anilines is 1. The van der Waals surface area contributed by atoms with Crippen molar-refractivity contribution >= 4 is 17.5 Å². The largest absolute Gasteiger partial charge is 0.338 e. The van der Waals surface area contributed by atoms with Crippen LogP contribution in [0.3, 0.4) is 0 Å². The van der Waals surface area contributed by atoms with Crippen LogP contribution >= 0.6 is 0 Å². The third-order valence-corrected chi connectivity index (χ3v) is 5.96. The Morgan fingerprint density at radius 2 is 1.70 bits per heavy atom. The Hall–Kier alpha value is -2.66. The number of fused-ring (bicyclic) bond motifs is 1. The minimum absolute atomic E-state index is 0.0368. The van der Waals surface area contributed by atoms with Gasteiger partial charge in [-0.3, -0.25) is 14.5 Å². The van der Waals surface area contributed by atoms with Gasteiger partial charge < -0.3 is 10.2 Å². The van der Waals surface area contributed by atoms with Gasteiger partial charge in [-0.15, -0.1) is 0 Å². The summed E-state index contributed by atoms with van der Waals surface area (Å²) in [6.07, 6.45) is 3.15. The normalized spacial score (nSPS) is 15.6. The zero-order valence-electron chi connectivity index (χ0n) is 18.8. The first-order valence-corrected chi connectivity index (χ1v) is 10.7. The number of aryl methyl sites for hydroxylation is 4. The molecule has 1 N–H and O–H groups in total. The summed E-state index contributed by atoms with van der Waals surface area (Å²) in [6, 6.07) is 12.6. The van der Waals surface area contributed by atoms with Crippen molar-refractivity contribution in [3.63, 3.8) is 0 Å². The quantitative estimate of drug-likeness (QED) is 0.787. The number of carbonyl (C=O) groups excluding carboxylic acids is 2. The molecule has 3 rings (SSSR count). The third-order valence-electron chi connectivity index (χ3n) is 5.96. The van der Waals surface area contributed by atoms with Gasteiger partial charge in [-0.25, -0.2) is 0 Å². The van der Waals surface area contributed by atoms with Crippen LogP contribution in [-0.2, 0) is 16.0 Å². The number of carbonyl (C=O) groups is 2. The van der Waals surface area contributed by atoms with Crippen molar-refractivity contribution in [2.24, 2.45) is 0 Å². The Labute approximate surface area is 180 Å². The fraction of sp³-hybridized carbons (Fsp3) is 0.440. The number of hydrogen-bond acceptors (Lipinski definition) is 3. The zero-order valence-corrected chi connectivity index (χ0v) is 18.8. The highest BCUT2D eigenvalue weighted by Gasteiger charge is 2.27. The van der Waals surface area contributed by atoms with E-state index in [1.165, 1.54) is 16.7 Å². The Kier molecular flexibility index (Phi) is 6.93. The molecule has 0 aromatic heterocycles. The summed E-state index contributed by atoms with van der Waals surface area (Å²) in [5, 5.41) is 3.01. The highest BCUT2D eigenvalue weighted by molar-refractivity contribution is 5.94. The Bertz CT molecular complexity index is 915. The molecule has 5 nitrogen and oxygen atoms in total. The summed E-state index contributed by atoms with van der Waals surface area (Å²) in [5.74, 6) is -0.0688. The van der Waals surface area contributed by atoms with Gasteiger partial charge in [-0.05, 0) is 69.3 Å². The summed E-state index contributed by atoms with van der Waals surface area (Å²) >= 11 is 0. The fourth-order valence-electron chi connectivity index (χ4n) is 4.50. The molecule has 2 aromatic carbocycles. The zero-order chi connectivity index (χ0) is 21.8. The van der Waals surface area contributed by atoms with Crippen LogP contribution in [0.25, 0.3) is 0 Å². The number of nitrogens with one attached hydrogen (secondary N) is 1. The highest BCUT2D eigenvalue weighted by atomic mass is 16.2. The van der Waals surface area contributed by atoms with Gasteiger partial charge >= 0.3 is 0 Å². The monoisotopic (exact) mass is 407 g/mol. The number of nitrogens with zero attached hydrogens (tertiary/aromatic N) is 2. The van der Waals surface area contributed by atoms with Crippen molar-refractivity contribution in [1.82, 2.24) is 9.80 Å². The summed E-state index contributed by atoms with van der Waals surface area (Å²) in [6.45, 7) is 6.44. The van der Waals surface area contributed by atoms with Crippen molar-refractivity contribution in [3.8, 4) is 0 Å². The first-order chi connectivity index (χ1) is 14.3. The van der Waals surface area contributed by atoms with E-state index in [4.69, 9.17) is 0 Å². The molecule has 5 heteroatoms. The van der Waals surface area contributed by atoms with Crippen LogP contribution in [-0.4, -0.2) is 48.8 Å². The van der Waals surface area contributed by atoms with Crippen LogP contribution in [0.2, 0.25) is 0 Å². The van der Waals surface area contributed by atoms with Crippen LogP contribution in [0.4, 0.5) is 5.69 Å². The van der Waals surface area contributed by atoms with Crippen LogP contribution in [0.1, 0.15) is 46.7 Å². The average Bonchev–Trinajstić information content (AvgIpc) is 2.69. The first kappa shape index (κ1) is 22.0. The van der Waals surface area contributed by atoms with Crippen LogP contribution < -0.4 is 5.32 Å². The van der Waals surface area contributed by atoms with E-state index in [1.54, 1.807) is 4.90 Å². The highest BCUT2D eigenvalue weighted by Crippen LogP contribution is 2.33. The minimum Gasteiger partial charge on any atom is -0.338 e. The van der Waals surface area contributed by atoms with Gasteiger partial charge in [0.1, 0.15) is 0 Å². The fourth-order valence-corrected chi connectivity index (χ4v) is 4.50. The molecule has 0 saturated carbocycles. The third kappa shape index (κ3) is 5.08. The van der Waals surface area contributed by atoms with Gasteiger partial charge in [-0.1, -0.05) is 42.0 Å². The van der Waals surface area contributed by atoms with Gasteiger partial charge in [0.05, 0.1) is 19.1 Å². The smallest absolute Gasteiger partial charge is 0.238 e. The van der Waals surface area contributed by atoms with E-state index in [-0.39, 0.29) is 30.9 Å². The van der Waals surface area contributed by atoms with E-state index < -0.39 is 0 Å². The summed E-state index contributed by atoms with van der Waals surface area (Å²) < 4.78 is 0. The Balaban J connectivity index is 1.58. The number of amides is 2. The van der Waals surface area contributed by atoms with E-state index in [2.05, 4.69) is 35.6 Å². The van der Waals surface area contributed by atoms with E-state index in [9.17, 15) is 9.59 Å². The lowest BCUT2D eigenvalue weighted by molar-refractivity contribution is -0.133. The maximum atomic E-state index is 12.9. The van der Waals surface area contributed by atoms with E-state index in [0.717, 1.165) is 36.1 Å². The molecular formula is C25H33N3O2. The Morgan fingerprint density at radius 1 is 1.03 bits per heavy atom. The van der Waals surface area contributed by atoms with Crippen molar-refractivity contribution < 1.29 is 9.59 Å². The molecule has 1 aliphatic carbocycles. The molecule has 2 amide bonds. The predicted octanol–water partition coefficient (Wildman–Crippen LogP) is 4.02. The molecule has 1 atom stereocenters. The minimum atomic E-state index is -0.106. The molecule has 0 saturated heterocycles. The topological polar surface area (TPSA) is 52.7 Å². The molecule has 0 bridgehead atoms. The first-order valence-electron chi connectivity index (χ1n) is 10.7. The molecular weight excluding hydrogens is 374 g/mol. The van der Waals surface area contributed by atoms with Crippen molar-refractivity contribution in [1.29, 1.82) is 0 Å². The molecule has 1 aliphatic rings. The van der Waals surface area contributed by atoms with Crippen LogP contribution in [0.15, 0.2) is 36.4 Å². The molecule has 0 heterocycles. The van der Waals surface area contributed by atoms with Crippen LogP contribution in [0, 0.1) is 20.8 Å². The molecule has 2 aromatic rings. The second-order valence-corrected chi connectivity index (χ2v) is 8.61. The van der Waals surface area contributed by atoms with Gasteiger partial charge in [0.15, 0.2) is 0 Å². The summed E-state index contributed by atoms with van der Waals surface area (Å²) in [5.41, 5.74) is 6.74. The van der Waals surface area contributed by atoms with Gasteiger partial charge in [0, 0.05) is 12.7 Å². The second-order valence-electron chi connectivity index (χ2n) is 8.61. The SMILES string of the molecule is Cc1cc(C)c(NC(=O)CN(C)CC(=O)N(C)[C@@H]2CCCc3ccccc32)c(C)c1. The van der Waals surface area contributed by atoms with Crippen molar-refractivity contribution in [3.05, 3.63) is 64.2 Å². The molecule has 0 radical (unpaired) electrons. The van der Waals surface area contributed by atoms with Gasteiger partial charge in [0.2, 0.25) is 11.8 Å². The van der Waals surface area contributed by atoms with E-state index >= 15 is 0 Å². The van der Waals surface area contributed by atoms with Gasteiger partial charge in [0.25, 0.3) is 0 Å². The number of hydrogen-bond donors (Lipinski definition) is 1. The standard InChI is InChI=1S/C25H33N3O2/c1-17-13-18(2)25(19(3)14-17)26-23(29)15-27(4)16-24(30)28(5)22-12-8-10-20-9-6-7-11-21(20)22/h6-7,9,11,13-14,22H,8,10,12,15-16H2,1-5H3,(H,26,29)/t22-/m1/s1. The number of benzene rings is 2. The lowest BCUT2D eigenvalue weighted by Crippen LogP contribution is -2.42. The predicted molar refractivity (Wildman–Crippen MR) is 122 cm³/mol. The molecule has 0 spiro atoms. The van der Waals surface area contributed by atoms with Gasteiger partial charge in [-0.2, -0.15) is 0 Å². The van der Waals surface area contributed by atoms with Crippen LogP contribution in [0.5, 0.6) is 0 Å². The lowest BCUT2D eigenvalue weighted by Gasteiger charge is -2.34. The Morgan fingerprint density at radius 3 is 2.40 bits per heavy atom. The molecule has 0 unspecified atom stereocenters. The summed E-state index contributed by atoms with van der Waals surface area (Å²) in [7, 11) is 3.69. The lowest BCUT2D eigenvalue weighted by atomic mass is 9.87. The molecule has 0 fully saturated rings. The van der Waals surface area contributed by atoms with Crippen molar-refractivity contribution in [2.75, 3.05) is 32.5 Å². The average molecular weight is 408 g/mol. The molecule has 0 aliphatic heterocycles. The molecule has 160 valence electrons. The number of rotatable bonds is 6.